The summed E-state index contributed by atoms with van der Waals surface area (Å²) in [6.45, 7) is 6.34. The van der Waals surface area contributed by atoms with E-state index in [-0.39, 0.29) is 11.4 Å². The van der Waals surface area contributed by atoms with Crippen molar-refractivity contribution < 1.29 is 13.2 Å². The van der Waals surface area contributed by atoms with Crippen LogP contribution in [0.15, 0.2) is 53.0 Å². The van der Waals surface area contributed by atoms with Crippen LogP contribution in [-0.2, 0) is 12.7 Å². The Balaban J connectivity index is 1.42. The van der Waals surface area contributed by atoms with Gasteiger partial charge < -0.3 is 0 Å². The molecule has 1 unspecified atom stereocenters. The van der Waals surface area contributed by atoms with Gasteiger partial charge in [-0.25, -0.2) is 9.78 Å². The second-order valence-electron chi connectivity index (χ2n) is 11.3. The van der Waals surface area contributed by atoms with Crippen LogP contribution in [0.3, 0.4) is 0 Å². The van der Waals surface area contributed by atoms with Crippen LogP contribution in [0.4, 0.5) is 13.2 Å². The minimum absolute atomic E-state index is 0.113. The summed E-state index contributed by atoms with van der Waals surface area (Å²) in [5.41, 5.74) is 3.65. The van der Waals surface area contributed by atoms with Crippen LogP contribution in [0, 0.1) is 18.8 Å². The third kappa shape index (κ3) is 5.07. The Kier molecular flexibility index (Phi) is 6.91. The number of halogens is 3. The van der Waals surface area contributed by atoms with E-state index in [0.717, 1.165) is 50.0 Å². The number of nitrogens with zero attached hydrogens (tertiary/aromatic N) is 4. The van der Waals surface area contributed by atoms with Crippen molar-refractivity contribution in [3.8, 4) is 5.69 Å². The second kappa shape index (κ2) is 10.2. The number of rotatable bonds is 6. The first kappa shape index (κ1) is 26.3. The van der Waals surface area contributed by atoms with Crippen molar-refractivity contribution in [2.75, 3.05) is 13.1 Å². The number of aromatic nitrogens is 3. The summed E-state index contributed by atoms with van der Waals surface area (Å²) >= 11 is 1.62. The van der Waals surface area contributed by atoms with E-state index in [1.54, 1.807) is 23.6 Å². The lowest BCUT2D eigenvalue weighted by Crippen LogP contribution is -2.34. The van der Waals surface area contributed by atoms with Crippen molar-refractivity contribution >= 4 is 16.9 Å². The predicted molar refractivity (Wildman–Crippen MR) is 148 cm³/mol. The van der Waals surface area contributed by atoms with E-state index >= 15 is 0 Å². The van der Waals surface area contributed by atoms with E-state index in [1.807, 2.05) is 23.7 Å². The number of hydrogen-bond donors (Lipinski definition) is 0. The smallest absolute Gasteiger partial charge is 0.299 e. The van der Waals surface area contributed by atoms with Gasteiger partial charge in [-0.05, 0) is 80.3 Å². The fourth-order valence-electron chi connectivity index (χ4n) is 6.34. The number of likely N-dealkylation sites (tertiary alicyclic amines) is 1. The molecule has 0 radical (unpaired) electrons. The molecule has 2 atom stereocenters. The molecule has 1 aliphatic heterocycles. The van der Waals surface area contributed by atoms with Gasteiger partial charge in [-0.1, -0.05) is 25.5 Å². The van der Waals surface area contributed by atoms with E-state index in [0.29, 0.717) is 29.6 Å². The van der Waals surface area contributed by atoms with Crippen molar-refractivity contribution in [3.05, 3.63) is 86.0 Å². The van der Waals surface area contributed by atoms with Crippen molar-refractivity contribution in [1.82, 2.24) is 18.9 Å². The molecule has 0 bridgehead atoms. The van der Waals surface area contributed by atoms with Crippen LogP contribution >= 0.6 is 11.3 Å². The average molecular weight is 555 g/mol. The Bertz CT molecular complexity index is 1550. The van der Waals surface area contributed by atoms with Crippen LogP contribution in [0.25, 0.3) is 11.2 Å². The Labute approximate surface area is 229 Å². The number of thiazole rings is 1. The third-order valence-electron chi connectivity index (χ3n) is 8.48. The van der Waals surface area contributed by atoms with Gasteiger partial charge in [0.25, 0.3) is 0 Å². The summed E-state index contributed by atoms with van der Waals surface area (Å²) in [7, 11) is 0. The highest BCUT2D eigenvalue weighted by atomic mass is 32.1. The monoisotopic (exact) mass is 554 g/mol. The number of imidazole rings is 1. The topological polar surface area (TPSA) is 42.5 Å². The highest BCUT2D eigenvalue weighted by molar-refractivity contribution is 7.09. The van der Waals surface area contributed by atoms with Gasteiger partial charge in [-0.15, -0.1) is 11.3 Å². The van der Waals surface area contributed by atoms with Gasteiger partial charge in [0.05, 0.1) is 28.0 Å². The minimum Gasteiger partial charge on any atom is -0.299 e. The van der Waals surface area contributed by atoms with Crippen molar-refractivity contribution in [2.24, 2.45) is 11.8 Å². The molecule has 0 amide bonds. The predicted octanol–water partition coefficient (Wildman–Crippen LogP) is 7.04. The number of aryl methyl sites for hydroxylation is 1. The highest BCUT2D eigenvalue weighted by Crippen LogP contribution is 2.44. The first-order chi connectivity index (χ1) is 18.7. The van der Waals surface area contributed by atoms with Crippen LogP contribution in [0.5, 0.6) is 0 Å². The first-order valence-electron chi connectivity index (χ1n) is 13.8. The Morgan fingerprint density at radius 3 is 2.62 bits per heavy atom. The maximum absolute atomic E-state index is 14.2. The number of benzene rings is 1. The molecular formula is C30H33F3N4OS. The maximum Gasteiger partial charge on any atom is 0.418 e. The molecule has 1 aliphatic carbocycles. The van der Waals surface area contributed by atoms with E-state index in [9.17, 15) is 18.0 Å². The summed E-state index contributed by atoms with van der Waals surface area (Å²) in [6.07, 6.45) is 3.94. The molecule has 39 heavy (non-hydrogen) atoms. The van der Waals surface area contributed by atoms with Crippen LogP contribution < -0.4 is 5.69 Å². The zero-order valence-corrected chi connectivity index (χ0v) is 23.1. The molecule has 2 fully saturated rings. The van der Waals surface area contributed by atoms with Crippen LogP contribution in [-0.4, -0.2) is 31.9 Å². The van der Waals surface area contributed by atoms with Gasteiger partial charge >= 0.3 is 11.9 Å². The van der Waals surface area contributed by atoms with E-state index in [4.69, 9.17) is 0 Å². The Morgan fingerprint density at radius 1 is 1.13 bits per heavy atom. The number of piperidine rings is 1. The molecular weight excluding hydrogens is 521 g/mol. The SMILES string of the molecule is Cc1scnc1C(c1cccc(-n2cc3c(C(F)(F)F)cc(CN4CCC[C@H](C)C4)cn3c2=O)c1)C1CCC1. The maximum atomic E-state index is 14.2. The van der Waals surface area contributed by atoms with Crippen molar-refractivity contribution in [1.29, 1.82) is 0 Å². The molecule has 2 aliphatic rings. The first-order valence-corrected chi connectivity index (χ1v) is 14.6. The number of fused-ring (bicyclic) bond motifs is 1. The van der Waals surface area contributed by atoms with Gasteiger partial charge in [0.1, 0.15) is 0 Å². The summed E-state index contributed by atoms with van der Waals surface area (Å²) in [5, 5.41) is 0. The lowest BCUT2D eigenvalue weighted by atomic mass is 9.71. The second-order valence-corrected chi connectivity index (χ2v) is 12.4. The summed E-state index contributed by atoms with van der Waals surface area (Å²) in [5.74, 6) is 1.10. The van der Waals surface area contributed by atoms with Crippen molar-refractivity contribution in [3.63, 3.8) is 0 Å². The molecule has 1 saturated heterocycles. The van der Waals surface area contributed by atoms with Gasteiger partial charge in [-0.3, -0.25) is 13.9 Å². The van der Waals surface area contributed by atoms with Crippen molar-refractivity contribution in [2.45, 2.75) is 64.6 Å². The highest BCUT2D eigenvalue weighted by Gasteiger charge is 2.35. The molecule has 4 heterocycles. The average Bonchev–Trinajstić information content (AvgIpc) is 3.43. The van der Waals surface area contributed by atoms with Gasteiger partial charge in [-0.2, -0.15) is 13.2 Å². The van der Waals surface area contributed by atoms with Gasteiger partial charge in [0.15, 0.2) is 0 Å². The Morgan fingerprint density at radius 2 is 1.95 bits per heavy atom. The summed E-state index contributed by atoms with van der Waals surface area (Å²) in [6, 6.07) is 8.89. The number of pyridine rings is 1. The van der Waals surface area contributed by atoms with E-state index < -0.39 is 17.4 Å². The molecule has 4 aromatic rings. The minimum atomic E-state index is -4.58. The zero-order chi connectivity index (χ0) is 27.3. The van der Waals surface area contributed by atoms with Gasteiger partial charge in [0.2, 0.25) is 0 Å². The molecule has 1 saturated carbocycles. The zero-order valence-electron chi connectivity index (χ0n) is 22.2. The Hall–Kier alpha value is -2.91. The number of alkyl halides is 3. The molecule has 3 aromatic heterocycles. The van der Waals surface area contributed by atoms with Crippen LogP contribution in [0.1, 0.15) is 72.2 Å². The molecule has 0 N–H and O–H groups in total. The number of hydrogen-bond acceptors (Lipinski definition) is 4. The lowest BCUT2D eigenvalue weighted by Gasteiger charge is -2.34. The largest absolute Gasteiger partial charge is 0.418 e. The van der Waals surface area contributed by atoms with E-state index in [2.05, 4.69) is 23.7 Å². The molecule has 5 nitrogen and oxygen atoms in total. The molecule has 206 valence electrons. The molecule has 9 heteroatoms. The molecule has 6 rings (SSSR count). The lowest BCUT2D eigenvalue weighted by molar-refractivity contribution is -0.136. The standard InChI is InChI=1S/C30H33F3N4OS/c1-19-6-5-11-35(14-19)15-21-12-25(30(31,32)33)26-17-36(29(38)37(26)16-21)24-10-4-9-23(13-24)27(22-7-3-8-22)28-20(2)39-18-34-28/h4,9-10,12-13,16-19,22,27H,3,5-8,11,14-15H2,1-2H3/t19-,27?/m0/s1. The molecule has 0 spiro atoms. The molecule has 1 aromatic carbocycles. The van der Waals surface area contributed by atoms with Crippen LogP contribution in [0.2, 0.25) is 0 Å². The van der Waals surface area contributed by atoms with E-state index in [1.165, 1.54) is 32.5 Å². The van der Waals surface area contributed by atoms with Gasteiger partial charge in [0, 0.05) is 36.3 Å². The fraction of sp³-hybridized carbons (Fsp3) is 0.467. The fourth-order valence-corrected chi connectivity index (χ4v) is 6.96. The quantitative estimate of drug-likeness (QED) is 0.257. The summed E-state index contributed by atoms with van der Waals surface area (Å²) < 4.78 is 45.2. The summed E-state index contributed by atoms with van der Waals surface area (Å²) in [4.78, 5) is 21.6. The third-order valence-corrected chi connectivity index (χ3v) is 9.26. The normalized spacial score (nSPS) is 19.9.